The summed E-state index contributed by atoms with van der Waals surface area (Å²) in [6, 6.07) is 13.6. The van der Waals surface area contributed by atoms with Crippen LogP contribution in [0.5, 0.6) is 0 Å². The topological polar surface area (TPSA) is 86.7 Å². The average Bonchev–Trinajstić information content (AvgIpc) is 3.56. The quantitative estimate of drug-likeness (QED) is 0.508. The number of hydrogen-bond donors (Lipinski definition) is 0. The van der Waals surface area contributed by atoms with Gasteiger partial charge in [-0.2, -0.15) is 16.8 Å². The molecule has 2 saturated carbocycles. The van der Waals surface area contributed by atoms with Gasteiger partial charge in [-0.1, -0.05) is 47.5 Å². The highest BCUT2D eigenvalue weighted by Crippen LogP contribution is 2.61. The number of hydrogen-bond acceptors (Lipinski definition) is 6. The van der Waals surface area contributed by atoms with Crippen LogP contribution in [0.1, 0.15) is 42.7 Å². The summed E-state index contributed by atoms with van der Waals surface area (Å²) in [6.45, 7) is 1.40. The molecule has 0 aliphatic heterocycles. The smallest absolute Gasteiger partial charge is 0.268 e. The van der Waals surface area contributed by atoms with Crippen LogP contribution in [-0.2, 0) is 28.6 Å². The Morgan fingerprint density at radius 3 is 2.20 bits per heavy atom. The maximum absolute atomic E-state index is 13.0. The minimum atomic E-state index is -4.30. The van der Waals surface area contributed by atoms with Crippen LogP contribution in [0, 0.1) is 0 Å². The van der Waals surface area contributed by atoms with E-state index in [1.54, 1.807) is 48.5 Å². The van der Waals surface area contributed by atoms with E-state index in [-0.39, 0.29) is 18.9 Å². The van der Waals surface area contributed by atoms with Crippen molar-refractivity contribution in [3.8, 4) is 0 Å². The van der Waals surface area contributed by atoms with E-state index in [1.165, 1.54) is 6.92 Å². The molecule has 0 radical (unpaired) electrons. The lowest BCUT2D eigenvalue weighted by molar-refractivity contribution is 0.219. The van der Waals surface area contributed by atoms with Crippen LogP contribution in [0.2, 0.25) is 10.0 Å². The zero-order valence-electron chi connectivity index (χ0n) is 16.0. The van der Waals surface area contributed by atoms with Crippen LogP contribution in [-0.4, -0.2) is 33.6 Å². The van der Waals surface area contributed by atoms with Crippen LogP contribution in [0.25, 0.3) is 0 Å². The monoisotopic (exact) mass is 490 g/mol. The molecule has 0 spiro atoms. The molecular formula is C20H20Cl2O6S2. The van der Waals surface area contributed by atoms with Crippen molar-refractivity contribution in [2.75, 3.05) is 6.61 Å². The van der Waals surface area contributed by atoms with Crippen molar-refractivity contribution >= 4 is 43.4 Å². The van der Waals surface area contributed by atoms with Gasteiger partial charge >= 0.3 is 0 Å². The summed E-state index contributed by atoms with van der Waals surface area (Å²) in [7, 11) is -8.48. The van der Waals surface area contributed by atoms with Crippen LogP contribution in [0.15, 0.2) is 48.5 Å². The highest BCUT2D eigenvalue weighted by molar-refractivity contribution is 7.91. The number of benzene rings is 2. The van der Waals surface area contributed by atoms with E-state index in [0.717, 1.165) is 5.56 Å². The molecule has 0 aromatic heterocycles. The van der Waals surface area contributed by atoms with Gasteiger partial charge in [0.2, 0.25) is 4.93 Å². The van der Waals surface area contributed by atoms with Crippen LogP contribution in [0.4, 0.5) is 0 Å². The molecule has 162 valence electrons. The summed E-state index contributed by atoms with van der Waals surface area (Å²) in [5.74, 6) is -0.977. The Morgan fingerprint density at radius 2 is 1.60 bits per heavy atom. The van der Waals surface area contributed by atoms with Crippen LogP contribution < -0.4 is 0 Å². The van der Waals surface area contributed by atoms with Gasteiger partial charge in [0, 0.05) is 28.3 Å². The lowest BCUT2D eigenvalue weighted by Gasteiger charge is -2.18. The molecule has 2 aromatic rings. The molecule has 4 unspecified atom stereocenters. The highest BCUT2D eigenvalue weighted by Gasteiger charge is 2.70. The Bertz CT molecular complexity index is 1180. The van der Waals surface area contributed by atoms with E-state index in [4.69, 9.17) is 31.6 Å². The van der Waals surface area contributed by atoms with Crippen molar-refractivity contribution in [2.45, 2.75) is 41.8 Å². The van der Waals surface area contributed by atoms with Gasteiger partial charge in [0.25, 0.3) is 20.2 Å². The Hall–Kier alpha value is -1.16. The summed E-state index contributed by atoms with van der Waals surface area (Å²) in [5, 5.41) is 0.105. The third kappa shape index (κ3) is 4.01. The van der Waals surface area contributed by atoms with E-state index < -0.39 is 36.3 Å². The summed E-state index contributed by atoms with van der Waals surface area (Å²) >= 11 is 12.0. The van der Waals surface area contributed by atoms with Gasteiger partial charge in [0.1, 0.15) is 0 Å². The van der Waals surface area contributed by atoms with Gasteiger partial charge in [-0.05, 0) is 48.7 Å². The van der Waals surface area contributed by atoms with Crippen LogP contribution in [0.3, 0.4) is 0 Å². The first kappa shape index (κ1) is 22.0. The summed E-state index contributed by atoms with van der Waals surface area (Å²) in [4.78, 5) is -1.98. The number of halogens is 2. The van der Waals surface area contributed by atoms with Gasteiger partial charge in [0.15, 0.2) is 0 Å². The normalized spacial score (nSPS) is 28.3. The second-order valence-electron chi connectivity index (χ2n) is 7.50. The molecule has 2 fully saturated rings. The molecule has 30 heavy (non-hydrogen) atoms. The van der Waals surface area contributed by atoms with E-state index >= 15 is 0 Å². The molecule has 10 heteroatoms. The SMILES string of the molecule is CCOS(=O)(=O)C1(OS(=O)(=O)C2CC2c2cccc(Cl)c2)CC1c1cccc(Cl)c1. The molecule has 2 aromatic carbocycles. The van der Waals surface area contributed by atoms with E-state index in [0.29, 0.717) is 22.0 Å². The van der Waals surface area contributed by atoms with Crippen molar-refractivity contribution in [2.24, 2.45) is 0 Å². The third-order valence-corrected chi connectivity index (χ3v) is 9.74. The van der Waals surface area contributed by atoms with Crippen LogP contribution >= 0.6 is 23.2 Å². The second-order valence-corrected chi connectivity index (χ2v) is 12.0. The minimum absolute atomic E-state index is 0.0243. The van der Waals surface area contributed by atoms with Crippen molar-refractivity contribution in [3.63, 3.8) is 0 Å². The third-order valence-electron chi connectivity index (χ3n) is 5.44. The summed E-state index contributed by atoms with van der Waals surface area (Å²) in [5.41, 5.74) is 1.37. The van der Waals surface area contributed by atoms with Gasteiger partial charge in [-0.15, -0.1) is 0 Å². The fourth-order valence-corrected chi connectivity index (χ4v) is 7.91. The Labute approximate surface area is 186 Å². The highest BCUT2D eigenvalue weighted by atomic mass is 35.5. The molecule has 4 atom stereocenters. The lowest BCUT2D eigenvalue weighted by atomic mass is 10.1. The van der Waals surface area contributed by atoms with Gasteiger partial charge in [-0.25, -0.2) is 4.18 Å². The van der Waals surface area contributed by atoms with E-state index in [9.17, 15) is 16.8 Å². The maximum Gasteiger partial charge on any atom is 0.299 e. The zero-order valence-corrected chi connectivity index (χ0v) is 19.1. The van der Waals surface area contributed by atoms with Gasteiger partial charge < -0.3 is 0 Å². The Kier molecular flexibility index (Phi) is 5.70. The number of rotatable bonds is 8. The fraction of sp³-hybridized carbons (Fsp3) is 0.400. The van der Waals surface area contributed by atoms with Crippen molar-refractivity contribution < 1.29 is 25.2 Å². The largest absolute Gasteiger partial charge is 0.299 e. The minimum Gasteiger partial charge on any atom is -0.268 e. The molecule has 4 rings (SSSR count). The molecule has 0 heterocycles. The van der Waals surface area contributed by atoms with Crippen molar-refractivity contribution in [1.82, 2.24) is 0 Å². The second kappa shape index (κ2) is 7.76. The molecule has 0 bridgehead atoms. The van der Waals surface area contributed by atoms with Crippen molar-refractivity contribution in [1.29, 1.82) is 0 Å². The molecule has 0 saturated heterocycles. The Morgan fingerprint density at radius 1 is 1.00 bits per heavy atom. The lowest BCUT2D eigenvalue weighted by Crippen LogP contribution is -2.34. The summed E-state index contributed by atoms with van der Waals surface area (Å²) in [6.07, 6.45) is 0.318. The molecular weight excluding hydrogens is 471 g/mol. The summed E-state index contributed by atoms with van der Waals surface area (Å²) < 4.78 is 62.1. The fourth-order valence-electron chi connectivity index (χ4n) is 3.82. The Balaban J connectivity index is 1.62. The van der Waals surface area contributed by atoms with E-state index in [1.807, 2.05) is 0 Å². The van der Waals surface area contributed by atoms with E-state index in [2.05, 4.69) is 0 Å². The molecule has 2 aliphatic rings. The molecule has 2 aliphatic carbocycles. The molecule has 6 nitrogen and oxygen atoms in total. The first-order chi connectivity index (χ1) is 14.1. The van der Waals surface area contributed by atoms with Crippen molar-refractivity contribution in [3.05, 3.63) is 69.7 Å². The zero-order chi connectivity index (χ0) is 21.7. The van der Waals surface area contributed by atoms with Gasteiger partial charge in [0.05, 0.1) is 11.9 Å². The predicted molar refractivity (Wildman–Crippen MR) is 115 cm³/mol. The maximum atomic E-state index is 13.0. The first-order valence-electron chi connectivity index (χ1n) is 9.44. The standard InChI is InChI=1S/C20H20Cl2O6S2/c1-2-27-30(25,26)20(12-18(20)14-6-4-8-16(22)10-14)28-29(23,24)19-11-17(19)13-5-3-7-15(21)9-13/h3-10,17-19H,2,11-12H2,1H3. The predicted octanol–water partition coefficient (Wildman–Crippen LogP) is 4.45. The molecule has 0 N–H and O–H groups in total. The van der Waals surface area contributed by atoms with Gasteiger partial charge in [-0.3, -0.25) is 4.18 Å². The first-order valence-corrected chi connectivity index (χ1v) is 13.1. The average molecular weight is 491 g/mol. The molecule has 0 amide bonds.